The first kappa shape index (κ1) is 23.3. The summed E-state index contributed by atoms with van der Waals surface area (Å²) in [5.41, 5.74) is 2.65. The fourth-order valence-electron chi connectivity index (χ4n) is 5.35. The topological polar surface area (TPSA) is 75.3 Å². The van der Waals surface area contributed by atoms with Crippen LogP contribution in [0.5, 0.6) is 0 Å². The Morgan fingerprint density at radius 3 is 2.17 bits per heavy atom. The third-order valence-corrected chi connectivity index (χ3v) is 8.82. The highest BCUT2D eigenvalue weighted by molar-refractivity contribution is 7.89. The number of aryl methyl sites for hydroxylation is 3. The van der Waals surface area contributed by atoms with Crippen LogP contribution < -0.4 is 10.0 Å². The van der Waals surface area contributed by atoms with E-state index in [4.69, 9.17) is 0 Å². The number of nitrogens with one attached hydrogen (secondary N) is 2. The Hall–Kier alpha value is -1.40. The van der Waals surface area contributed by atoms with Crippen molar-refractivity contribution in [2.24, 2.45) is 17.8 Å². The average molecular weight is 435 g/mol. The van der Waals surface area contributed by atoms with Gasteiger partial charge in [-0.05, 0) is 82.3 Å². The van der Waals surface area contributed by atoms with Gasteiger partial charge in [0.1, 0.15) is 0 Å². The van der Waals surface area contributed by atoms with Crippen molar-refractivity contribution in [1.29, 1.82) is 0 Å². The van der Waals surface area contributed by atoms with E-state index in [0.29, 0.717) is 29.3 Å². The number of carbonyl (C=O) groups is 1. The molecule has 2 N–H and O–H groups in total. The van der Waals surface area contributed by atoms with Gasteiger partial charge < -0.3 is 5.32 Å². The van der Waals surface area contributed by atoms with E-state index in [0.717, 1.165) is 48.8 Å². The minimum atomic E-state index is -3.52. The molecule has 2 atom stereocenters. The van der Waals surface area contributed by atoms with E-state index in [1.54, 1.807) is 0 Å². The number of benzene rings is 1. The van der Waals surface area contributed by atoms with Crippen LogP contribution in [0, 0.1) is 38.5 Å². The summed E-state index contributed by atoms with van der Waals surface area (Å²) < 4.78 is 28.6. The minimum absolute atomic E-state index is 0.0774. The normalized spacial score (nSPS) is 27.6. The smallest absolute Gasteiger partial charge is 0.241 e. The molecule has 5 nitrogen and oxygen atoms in total. The molecule has 0 saturated heterocycles. The maximum Gasteiger partial charge on any atom is 0.241 e. The Morgan fingerprint density at radius 1 is 0.967 bits per heavy atom. The van der Waals surface area contributed by atoms with Crippen LogP contribution in [0.25, 0.3) is 0 Å². The molecule has 2 aliphatic rings. The van der Waals surface area contributed by atoms with Crippen LogP contribution in [-0.2, 0) is 14.8 Å². The first-order valence-corrected chi connectivity index (χ1v) is 13.0. The lowest BCUT2D eigenvalue weighted by Crippen LogP contribution is -2.44. The van der Waals surface area contributed by atoms with Crippen molar-refractivity contribution < 1.29 is 13.2 Å². The van der Waals surface area contributed by atoms with E-state index in [1.807, 2.05) is 32.9 Å². The molecule has 0 aromatic heterocycles. The number of rotatable bonds is 6. The molecule has 30 heavy (non-hydrogen) atoms. The lowest BCUT2D eigenvalue weighted by Gasteiger charge is -2.33. The average Bonchev–Trinajstić information content (AvgIpc) is 2.67. The second-order valence-electron chi connectivity index (χ2n) is 9.67. The van der Waals surface area contributed by atoms with Gasteiger partial charge in [0.25, 0.3) is 0 Å². The summed E-state index contributed by atoms with van der Waals surface area (Å²) in [6, 6.07) is 4.16. The largest absolute Gasteiger partial charge is 0.353 e. The Balaban J connectivity index is 1.49. The number of carbonyl (C=O) groups excluding carboxylic acids is 1. The van der Waals surface area contributed by atoms with Gasteiger partial charge in [-0.3, -0.25) is 4.79 Å². The van der Waals surface area contributed by atoms with Crippen molar-refractivity contribution in [1.82, 2.24) is 10.0 Å². The maximum atomic E-state index is 12.9. The summed E-state index contributed by atoms with van der Waals surface area (Å²) in [4.78, 5) is 13.1. The Bertz CT molecular complexity index is 834. The van der Waals surface area contributed by atoms with Crippen LogP contribution in [0.4, 0.5) is 0 Å². The molecule has 1 aromatic rings. The van der Waals surface area contributed by atoms with Gasteiger partial charge in [-0.1, -0.05) is 37.5 Å². The van der Waals surface area contributed by atoms with E-state index in [-0.39, 0.29) is 11.8 Å². The monoisotopic (exact) mass is 434 g/mol. The van der Waals surface area contributed by atoms with Crippen LogP contribution in [0.1, 0.15) is 75.0 Å². The first-order valence-electron chi connectivity index (χ1n) is 11.5. The van der Waals surface area contributed by atoms with E-state index in [9.17, 15) is 13.2 Å². The molecule has 0 spiro atoms. The zero-order valence-corrected chi connectivity index (χ0v) is 19.8. The van der Waals surface area contributed by atoms with Crippen LogP contribution in [0.2, 0.25) is 0 Å². The van der Waals surface area contributed by atoms with Gasteiger partial charge in [-0.2, -0.15) is 0 Å². The molecule has 0 aliphatic heterocycles. The number of hydrogen-bond donors (Lipinski definition) is 2. The van der Waals surface area contributed by atoms with Crippen molar-refractivity contribution in [2.45, 2.75) is 90.0 Å². The highest BCUT2D eigenvalue weighted by Gasteiger charge is 2.30. The van der Waals surface area contributed by atoms with Gasteiger partial charge in [0, 0.05) is 18.5 Å². The molecular formula is C24H38N2O3S. The summed E-state index contributed by atoms with van der Waals surface area (Å²) >= 11 is 0. The Kier molecular flexibility index (Phi) is 7.61. The molecule has 1 amide bonds. The highest BCUT2D eigenvalue weighted by Crippen LogP contribution is 2.31. The van der Waals surface area contributed by atoms with Crippen molar-refractivity contribution in [3.05, 3.63) is 28.8 Å². The summed E-state index contributed by atoms with van der Waals surface area (Å²) in [6.45, 7) is 8.37. The lowest BCUT2D eigenvalue weighted by atomic mass is 9.80. The highest BCUT2D eigenvalue weighted by atomic mass is 32.2. The molecule has 3 rings (SSSR count). The lowest BCUT2D eigenvalue weighted by molar-refractivity contribution is -0.127. The molecule has 0 heterocycles. The Labute approximate surface area is 182 Å². The first-order chi connectivity index (χ1) is 14.2. The molecule has 0 unspecified atom stereocenters. The maximum absolute atomic E-state index is 12.9. The summed E-state index contributed by atoms with van der Waals surface area (Å²) in [7, 11) is -3.52. The van der Waals surface area contributed by atoms with Crippen LogP contribution in [0.3, 0.4) is 0 Å². The molecule has 0 radical (unpaired) electrons. The third-order valence-electron chi connectivity index (χ3n) is 7.09. The zero-order chi connectivity index (χ0) is 21.9. The van der Waals surface area contributed by atoms with Crippen molar-refractivity contribution >= 4 is 15.9 Å². The van der Waals surface area contributed by atoms with E-state index >= 15 is 0 Å². The SMILES string of the molecule is Cc1cc(C)c(S(=O)(=O)NCC2CCC(C(=O)N[C@@H]3CCCC[C@H]3C)CC2)c(C)c1. The fraction of sp³-hybridized carbons (Fsp3) is 0.708. The number of sulfonamides is 1. The molecule has 2 fully saturated rings. The van der Waals surface area contributed by atoms with Crippen molar-refractivity contribution in [2.75, 3.05) is 6.54 Å². The molecule has 168 valence electrons. The molecule has 0 bridgehead atoms. The van der Waals surface area contributed by atoms with Gasteiger partial charge in [-0.15, -0.1) is 0 Å². The quantitative estimate of drug-likeness (QED) is 0.697. The standard InChI is InChI=1S/C24H38N2O3S/c1-16-13-18(3)23(19(4)14-16)30(28,29)25-15-20-9-11-21(12-10-20)24(27)26-22-8-6-5-7-17(22)2/h13-14,17,20-22,25H,5-12,15H2,1-4H3,(H,26,27)/t17-,20?,21?,22-/m1/s1. The molecule has 2 aliphatic carbocycles. The van der Waals surface area contributed by atoms with Gasteiger partial charge in [-0.25, -0.2) is 13.1 Å². The van der Waals surface area contributed by atoms with Gasteiger partial charge in [0.05, 0.1) is 4.90 Å². The van der Waals surface area contributed by atoms with E-state index in [1.165, 1.54) is 19.3 Å². The van der Waals surface area contributed by atoms with Gasteiger partial charge in [0.15, 0.2) is 0 Å². The molecule has 6 heteroatoms. The van der Waals surface area contributed by atoms with E-state index < -0.39 is 10.0 Å². The summed E-state index contributed by atoms with van der Waals surface area (Å²) in [5, 5.41) is 3.30. The predicted molar refractivity (Wildman–Crippen MR) is 121 cm³/mol. The molecule has 1 aromatic carbocycles. The van der Waals surface area contributed by atoms with Gasteiger partial charge >= 0.3 is 0 Å². The molecule has 2 saturated carbocycles. The predicted octanol–water partition coefficient (Wildman–Crippen LogP) is 4.39. The third kappa shape index (κ3) is 5.64. The van der Waals surface area contributed by atoms with Crippen LogP contribution in [-0.4, -0.2) is 26.9 Å². The summed E-state index contributed by atoms with van der Waals surface area (Å²) in [6.07, 6.45) is 8.28. The van der Waals surface area contributed by atoms with Crippen LogP contribution >= 0.6 is 0 Å². The minimum Gasteiger partial charge on any atom is -0.353 e. The number of hydrogen-bond acceptors (Lipinski definition) is 3. The zero-order valence-electron chi connectivity index (χ0n) is 19.0. The number of amides is 1. The van der Waals surface area contributed by atoms with Crippen LogP contribution in [0.15, 0.2) is 17.0 Å². The summed E-state index contributed by atoms with van der Waals surface area (Å²) in [5.74, 6) is 1.15. The van der Waals surface area contributed by atoms with Crippen molar-refractivity contribution in [3.8, 4) is 0 Å². The fourth-order valence-corrected chi connectivity index (χ4v) is 6.92. The molecular weight excluding hydrogens is 396 g/mol. The Morgan fingerprint density at radius 2 is 1.57 bits per heavy atom. The van der Waals surface area contributed by atoms with Gasteiger partial charge in [0.2, 0.25) is 15.9 Å². The van der Waals surface area contributed by atoms with E-state index in [2.05, 4.69) is 17.0 Å². The second-order valence-corrected chi connectivity index (χ2v) is 11.4. The second kappa shape index (κ2) is 9.82. The van der Waals surface area contributed by atoms with Crippen molar-refractivity contribution in [3.63, 3.8) is 0 Å².